The number of rotatable bonds is 9. The number of hydrogen-bond acceptors (Lipinski definition) is 5. The lowest BCUT2D eigenvalue weighted by Crippen LogP contribution is -2.26. The molecule has 0 bridgehead atoms. The lowest BCUT2D eigenvalue weighted by molar-refractivity contribution is 0.0949. The van der Waals surface area contributed by atoms with Crippen molar-refractivity contribution in [3.63, 3.8) is 0 Å². The van der Waals surface area contributed by atoms with Crippen molar-refractivity contribution < 1.29 is 9.53 Å². The van der Waals surface area contributed by atoms with Gasteiger partial charge < -0.3 is 15.4 Å². The Labute approximate surface area is 166 Å². The second kappa shape index (κ2) is 10.4. The van der Waals surface area contributed by atoms with Gasteiger partial charge in [0.15, 0.2) is 0 Å². The molecule has 0 spiro atoms. The number of anilines is 1. The predicted molar refractivity (Wildman–Crippen MR) is 111 cm³/mol. The standard InChI is InChI=1S/C22H28N4O2/c1-28-19-9-5-8-18(14-19)11-13-24-22(27)20-15-26-21(16-25-20)23-12-10-17-6-3-2-4-7-17/h5-6,8-9,14-16H,2-4,7,10-13H2,1H3,(H,23,26)(H,24,27). The van der Waals surface area contributed by atoms with E-state index in [1.165, 1.54) is 37.5 Å². The van der Waals surface area contributed by atoms with Crippen LogP contribution in [0.4, 0.5) is 5.82 Å². The Kier molecular flexibility index (Phi) is 7.41. The van der Waals surface area contributed by atoms with E-state index in [1.54, 1.807) is 13.3 Å². The highest BCUT2D eigenvalue weighted by atomic mass is 16.5. The molecule has 6 heteroatoms. The highest BCUT2D eigenvalue weighted by Crippen LogP contribution is 2.19. The summed E-state index contributed by atoms with van der Waals surface area (Å²) in [5.41, 5.74) is 2.96. The van der Waals surface area contributed by atoms with Gasteiger partial charge in [0.1, 0.15) is 17.3 Å². The number of nitrogens with one attached hydrogen (secondary N) is 2. The van der Waals surface area contributed by atoms with E-state index in [4.69, 9.17) is 4.74 Å². The van der Waals surface area contributed by atoms with Gasteiger partial charge in [-0.1, -0.05) is 23.8 Å². The fourth-order valence-corrected chi connectivity index (χ4v) is 3.26. The predicted octanol–water partition coefficient (Wildman–Crippen LogP) is 3.76. The van der Waals surface area contributed by atoms with Crippen molar-refractivity contribution in [2.45, 2.75) is 38.5 Å². The summed E-state index contributed by atoms with van der Waals surface area (Å²) in [6.07, 6.45) is 12.3. The fraction of sp³-hybridized carbons (Fsp3) is 0.409. The highest BCUT2D eigenvalue weighted by molar-refractivity contribution is 5.91. The van der Waals surface area contributed by atoms with Crippen molar-refractivity contribution in [2.24, 2.45) is 0 Å². The third-order valence-corrected chi connectivity index (χ3v) is 4.86. The van der Waals surface area contributed by atoms with Gasteiger partial charge in [-0.05, 0) is 56.2 Å². The number of methoxy groups -OCH3 is 1. The number of carbonyl (C=O) groups excluding carboxylic acids is 1. The number of allylic oxidation sites excluding steroid dienone is 1. The lowest BCUT2D eigenvalue weighted by Gasteiger charge is -2.13. The molecule has 2 aromatic rings. The summed E-state index contributed by atoms with van der Waals surface area (Å²) in [5.74, 6) is 1.30. The molecule has 2 N–H and O–H groups in total. The number of carbonyl (C=O) groups is 1. The average molecular weight is 380 g/mol. The van der Waals surface area contributed by atoms with Crippen LogP contribution in [0.3, 0.4) is 0 Å². The molecular formula is C22H28N4O2. The van der Waals surface area contributed by atoms with Crippen LogP contribution in [0.5, 0.6) is 5.75 Å². The van der Waals surface area contributed by atoms with Crippen molar-refractivity contribution >= 4 is 11.7 Å². The first kappa shape index (κ1) is 19.9. The van der Waals surface area contributed by atoms with Crippen LogP contribution in [0.25, 0.3) is 0 Å². The van der Waals surface area contributed by atoms with Crippen molar-refractivity contribution in [2.75, 3.05) is 25.5 Å². The first-order chi connectivity index (χ1) is 13.7. The zero-order valence-corrected chi connectivity index (χ0v) is 16.4. The molecule has 0 atom stereocenters. The molecule has 1 heterocycles. The van der Waals surface area contributed by atoms with E-state index in [1.807, 2.05) is 24.3 Å². The average Bonchev–Trinajstić information content (AvgIpc) is 2.75. The van der Waals surface area contributed by atoms with Gasteiger partial charge in [-0.15, -0.1) is 0 Å². The topological polar surface area (TPSA) is 76.1 Å². The maximum atomic E-state index is 12.2. The molecular weight excluding hydrogens is 352 g/mol. The largest absolute Gasteiger partial charge is 0.497 e. The third kappa shape index (κ3) is 6.08. The molecule has 148 valence electrons. The van der Waals surface area contributed by atoms with E-state index < -0.39 is 0 Å². The van der Waals surface area contributed by atoms with Crippen LogP contribution in [0.2, 0.25) is 0 Å². The molecule has 1 aromatic carbocycles. The summed E-state index contributed by atoms with van der Waals surface area (Å²) in [6, 6.07) is 7.82. The molecule has 28 heavy (non-hydrogen) atoms. The molecule has 3 rings (SSSR count). The fourth-order valence-electron chi connectivity index (χ4n) is 3.26. The summed E-state index contributed by atoms with van der Waals surface area (Å²) in [5, 5.41) is 6.16. The van der Waals surface area contributed by atoms with Gasteiger partial charge >= 0.3 is 0 Å². The summed E-state index contributed by atoms with van der Waals surface area (Å²) in [6.45, 7) is 1.37. The molecule has 0 saturated carbocycles. The van der Waals surface area contributed by atoms with E-state index >= 15 is 0 Å². The molecule has 0 aliphatic heterocycles. The minimum Gasteiger partial charge on any atom is -0.497 e. The van der Waals surface area contributed by atoms with Crippen LogP contribution < -0.4 is 15.4 Å². The van der Waals surface area contributed by atoms with Crippen LogP contribution in [-0.2, 0) is 6.42 Å². The Balaban J connectivity index is 1.40. The van der Waals surface area contributed by atoms with Crippen LogP contribution in [0.1, 0.15) is 48.2 Å². The van der Waals surface area contributed by atoms with Gasteiger partial charge in [0, 0.05) is 13.1 Å². The van der Waals surface area contributed by atoms with Crippen molar-refractivity contribution in [3.8, 4) is 5.75 Å². The van der Waals surface area contributed by atoms with Crippen molar-refractivity contribution in [1.29, 1.82) is 0 Å². The third-order valence-electron chi connectivity index (χ3n) is 4.86. The zero-order chi connectivity index (χ0) is 19.6. The Bertz CT molecular complexity index is 802. The Morgan fingerprint density at radius 2 is 2.07 bits per heavy atom. The van der Waals surface area contributed by atoms with E-state index in [0.717, 1.165) is 30.7 Å². The number of ether oxygens (including phenoxy) is 1. The number of aromatic nitrogens is 2. The van der Waals surface area contributed by atoms with Gasteiger partial charge in [0.25, 0.3) is 5.91 Å². The summed E-state index contributed by atoms with van der Waals surface area (Å²) < 4.78 is 5.21. The molecule has 0 radical (unpaired) electrons. The zero-order valence-electron chi connectivity index (χ0n) is 16.4. The van der Waals surface area contributed by atoms with E-state index in [-0.39, 0.29) is 5.91 Å². The Morgan fingerprint density at radius 1 is 1.14 bits per heavy atom. The van der Waals surface area contributed by atoms with Crippen molar-refractivity contribution in [3.05, 3.63) is 59.6 Å². The summed E-state index contributed by atoms with van der Waals surface area (Å²) >= 11 is 0. The van der Waals surface area contributed by atoms with E-state index in [2.05, 4.69) is 26.7 Å². The molecule has 0 unspecified atom stereocenters. The van der Waals surface area contributed by atoms with E-state index in [9.17, 15) is 4.79 Å². The van der Waals surface area contributed by atoms with E-state index in [0.29, 0.717) is 18.1 Å². The molecule has 1 aromatic heterocycles. The number of benzene rings is 1. The van der Waals surface area contributed by atoms with Gasteiger partial charge in [-0.25, -0.2) is 9.97 Å². The summed E-state index contributed by atoms with van der Waals surface area (Å²) in [4.78, 5) is 20.7. The molecule has 1 aliphatic carbocycles. The second-order valence-electron chi connectivity index (χ2n) is 6.93. The normalized spacial score (nSPS) is 13.5. The Morgan fingerprint density at radius 3 is 2.82 bits per heavy atom. The molecule has 0 saturated heterocycles. The summed E-state index contributed by atoms with van der Waals surface area (Å²) in [7, 11) is 1.64. The van der Waals surface area contributed by atoms with Crippen LogP contribution in [0, 0.1) is 0 Å². The van der Waals surface area contributed by atoms with Gasteiger partial charge in [0.2, 0.25) is 0 Å². The minimum absolute atomic E-state index is 0.214. The molecule has 0 fully saturated rings. The van der Waals surface area contributed by atoms with Crippen molar-refractivity contribution in [1.82, 2.24) is 15.3 Å². The van der Waals surface area contributed by atoms with Crippen LogP contribution in [-0.4, -0.2) is 36.1 Å². The molecule has 1 aliphatic rings. The maximum absolute atomic E-state index is 12.2. The number of nitrogens with zero attached hydrogens (tertiary/aromatic N) is 2. The first-order valence-corrected chi connectivity index (χ1v) is 9.89. The number of hydrogen-bond donors (Lipinski definition) is 2. The monoisotopic (exact) mass is 380 g/mol. The van der Waals surface area contributed by atoms with Gasteiger partial charge in [-0.3, -0.25) is 4.79 Å². The number of amides is 1. The highest BCUT2D eigenvalue weighted by Gasteiger charge is 2.08. The second-order valence-corrected chi connectivity index (χ2v) is 6.93. The molecule has 6 nitrogen and oxygen atoms in total. The van der Waals surface area contributed by atoms with Crippen LogP contribution in [0.15, 0.2) is 48.3 Å². The SMILES string of the molecule is COc1cccc(CCNC(=O)c2cnc(NCCC3=CCCCC3)cn2)c1. The maximum Gasteiger partial charge on any atom is 0.271 e. The first-order valence-electron chi connectivity index (χ1n) is 9.89. The van der Waals surface area contributed by atoms with Crippen LogP contribution >= 0.6 is 0 Å². The quantitative estimate of drug-likeness (QED) is 0.648. The lowest BCUT2D eigenvalue weighted by atomic mass is 9.97. The van der Waals surface area contributed by atoms with Gasteiger partial charge in [-0.2, -0.15) is 0 Å². The smallest absolute Gasteiger partial charge is 0.271 e. The van der Waals surface area contributed by atoms with Gasteiger partial charge in [0.05, 0.1) is 19.5 Å². The molecule has 1 amide bonds. The minimum atomic E-state index is -0.214. The Hall–Kier alpha value is -2.89.